The quantitative estimate of drug-likeness (QED) is 0.403. The fraction of sp³-hybridized carbons (Fsp3) is 0.364. The molecule has 1 fully saturated rings. The van der Waals surface area contributed by atoms with Crippen molar-refractivity contribution in [1.82, 2.24) is 9.88 Å². The number of fused-ring (bicyclic) bond motifs is 2. The minimum absolute atomic E-state index is 0.0000239. The average Bonchev–Trinajstić information content (AvgIpc) is 2.72. The Hall–Kier alpha value is -3.22. The van der Waals surface area contributed by atoms with Crippen LogP contribution in [0.1, 0.15) is 53.9 Å². The molecule has 0 saturated heterocycles. The van der Waals surface area contributed by atoms with Crippen LogP contribution < -0.4 is 5.43 Å². The van der Waals surface area contributed by atoms with Gasteiger partial charge in [0.15, 0.2) is 5.82 Å². The number of rotatable bonds is 4. The average molecular weight is 393 g/mol. The molecule has 0 bridgehead atoms. The fourth-order valence-electron chi connectivity index (χ4n) is 3.91. The summed E-state index contributed by atoms with van der Waals surface area (Å²) in [5.41, 5.74) is 1.27. The van der Waals surface area contributed by atoms with Gasteiger partial charge in [0.1, 0.15) is 11.1 Å². The zero-order chi connectivity index (χ0) is 20.5. The lowest BCUT2D eigenvalue weighted by Crippen LogP contribution is -2.10. The third-order valence-corrected chi connectivity index (χ3v) is 5.38. The predicted molar refractivity (Wildman–Crippen MR) is 112 cm³/mol. The fourth-order valence-corrected chi connectivity index (χ4v) is 3.91. The van der Waals surface area contributed by atoms with E-state index in [-0.39, 0.29) is 27.9 Å². The smallest absolute Gasteiger partial charge is 0.339 e. The summed E-state index contributed by atoms with van der Waals surface area (Å²) in [5, 5.41) is 10.2. The molecule has 0 unspecified atom stereocenters. The zero-order valence-corrected chi connectivity index (χ0v) is 16.5. The Morgan fingerprint density at radius 3 is 2.66 bits per heavy atom. The molecule has 0 amide bonds. The lowest BCUT2D eigenvalue weighted by atomic mass is 9.84. The number of aromatic nitrogens is 1. The van der Waals surface area contributed by atoms with Gasteiger partial charge in [-0.1, -0.05) is 25.3 Å². The van der Waals surface area contributed by atoms with Crippen molar-refractivity contribution >= 4 is 40.2 Å². The van der Waals surface area contributed by atoms with Crippen LogP contribution in [0.4, 0.5) is 5.82 Å². The van der Waals surface area contributed by atoms with Crippen LogP contribution in [-0.4, -0.2) is 41.4 Å². The van der Waals surface area contributed by atoms with E-state index in [9.17, 15) is 14.7 Å². The summed E-state index contributed by atoms with van der Waals surface area (Å²) < 4.78 is 5.86. The number of benzene rings is 1. The molecule has 7 heteroatoms. The summed E-state index contributed by atoms with van der Waals surface area (Å²) in [6.07, 6.45) is 7.38. The van der Waals surface area contributed by atoms with Gasteiger partial charge in [0.2, 0.25) is 11.1 Å². The van der Waals surface area contributed by atoms with Crippen molar-refractivity contribution in [3.05, 3.63) is 45.6 Å². The highest BCUT2D eigenvalue weighted by molar-refractivity contribution is 5.98. The molecule has 4 rings (SSSR count). The van der Waals surface area contributed by atoms with Gasteiger partial charge in [0.05, 0.1) is 17.1 Å². The van der Waals surface area contributed by atoms with Crippen molar-refractivity contribution in [3.8, 4) is 0 Å². The number of carboxylic acid groups (broad SMARTS) is 1. The van der Waals surface area contributed by atoms with Crippen molar-refractivity contribution in [2.75, 3.05) is 14.1 Å². The number of pyridine rings is 1. The van der Waals surface area contributed by atoms with E-state index in [0.29, 0.717) is 16.9 Å². The molecule has 7 nitrogen and oxygen atoms in total. The summed E-state index contributed by atoms with van der Waals surface area (Å²) in [6.45, 7) is 0. The normalized spacial score (nSPS) is 15.4. The van der Waals surface area contributed by atoms with E-state index in [0.717, 1.165) is 18.4 Å². The summed E-state index contributed by atoms with van der Waals surface area (Å²) >= 11 is 0. The molecule has 0 atom stereocenters. The van der Waals surface area contributed by atoms with Gasteiger partial charge < -0.3 is 14.4 Å². The molecule has 150 valence electrons. The molecular weight excluding hydrogens is 370 g/mol. The molecule has 0 radical (unpaired) electrons. The number of nitrogens with zero attached hydrogens (tertiary/aromatic N) is 3. The number of carbonyl (C=O) groups is 1. The second-order valence-corrected chi connectivity index (χ2v) is 7.75. The maximum Gasteiger partial charge on any atom is 0.339 e. The summed E-state index contributed by atoms with van der Waals surface area (Å²) in [5.74, 6) is -0.737. The Morgan fingerprint density at radius 1 is 1.21 bits per heavy atom. The van der Waals surface area contributed by atoms with Gasteiger partial charge in [-0.3, -0.25) is 4.79 Å². The number of hydrogen-bond donors (Lipinski definition) is 1. The van der Waals surface area contributed by atoms with Crippen LogP contribution in [-0.2, 0) is 0 Å². The van der Waals surface area contributed by atoms with Crippen molar-refractivity contribution < 1.29 is 14.3 Å². The van der Waals surface area contributed by atoms with Crippen LogP contribution >= 0.6 is 0 Å². The van der Waals surface area contributed by atoms with Crippen LogP contribution in [0.25, 0.3) is 22.1 Å². The lowest BCUT2D eigenvalue weighted by Gasteiger charge is -2.22. The highest BCUT2D eigenvalue weighted by atomic mass is 16.4. The second kappa shape index (κ2) is 7.66. The zero-order valence-electron chi connectivity index (χ0n) is 16.5. The summed E-state index contributed by atoms with van der Waals surface area (Å²) in [6, 6.07) is 7.04. The van der Waals surface area contributed by atoms with Crippen LogP contribution in [0.5, 0.6) is 0 Å². The van der Waals surface area contributed by atoms with Gasteiger partial charge >= 0.3 is 5.97 Å². The monoisotopic (exact) mass is 393 g/mol. The molecule has 3 aromatic rings. The van der Waals surface area contributed by atoms with E-state index in [1.165, 1.54) is 31.7 Å². The Balaban J connectivity index is 1.90. The van der Waals surface area contributed by atoms with E-state index < -0.39 is 5.97 Å². The first kappa shape index (κ1) is 19.1. The number of hydrogen-bond acceptors (Lipinski definition) is 5. The van der Waals surface area contributed by atoms with Gasteiger partial charge in [-0.05, 0) is 42.5 Å². The summed E-state index contributed by atoms with van der Waals surface area (Å²) in [7, 11) is 3.53. The molecule has 0 aliphatic heterocycles. The SMILES string of the molecule is CN(C)/C=N/c1nc2oc3ccc(C4CCCCC4)cc3c(=O)c2cc1C(=O)O. The van der Waals surface area contributed by atoms with Crippen LogP contribution in [0, 0.1) is 0 Å². The Kier molecular flexibility index (Phi) is 5.05. The van der Waals surface area contributed by atoms with E-state index in [1.54, 1.807) is 19.0 Å². The van der Waals surface area contributed by atoms with Crippen molar-refractivity contribution in [1.29, 1.82) is 0 Å². The first-order chi connectivity index (χ1) is 13.9. The number of aromatic carboxylic acids is 1. The van der Waals surface area contributed by atoms with Crippen molar-refractivity contribution in [2.45, 2.75) is 38.0 Å². The first-order valence-electron chi connectivity index (χ1n) is 9.79. The molecule has 29 heavy (non-hydrogen) atoms. The Labute approximate surface area is 167 Å². The maximum atomic E-state index is 13.1. The van der Waals surface area contributed by atoms with Crippen LogP contribution in [0.3, 0.4) is 0 Å². The van der Waals surface area contributed by atoms with E-state index >= 15 is 0 Å². The molecule has 1 N–H and O–H groups in total. The van der Waals surface area contributed by atoms with Crippen molar-refractivity contribution in [2.24, 2.45) is 4.99 Å². The third kappa shape index (κ3) is 3.72. The molecule has 1 aliphatic rings. The largest absolute Gasteiger partial charge is 0.478 e. The molecule has 1 saturated carbocycles. The predicted octanol–water partition coefficient (Wildman–Crippen LogP) is 4.31. The summed E-state index contributed by atoms with van der Waals surface area (Å²) in [4.78, 5) is 34.8. The molecular formula is C22H23N3O4. The lowest BCUT2D eigenvalue weighted by molar-refractivity contribution is 0.0697. The van der Waals surface area contributed by atoms with Gasteiger partial charge in [-0.25, -0.2) is 9.79 Å². The highest BCUT2D eigenvalue weighted by Crippen LogP contribution is 2.34. The van der Waals surface area contributed by atoms with Gasteiger partial charge in [-0.15, -0.1) is 0 Å². The van der Waals surface area contributed by atoms with Crippen LogP contribution in [0.2, 0.25) is 0 Å². The topological polar surface area (TPSA) is 96.0 Å². The highest BCUT2D eigenvalue weighted by Gasteiger charge is 2.20. The molecule has 0 spiro atoms. The number of aliphatic imine (C=N–C) groups is 1. The minimum atomic E-state index is -1.19. The molecule has 2 aromatic heterocycles. The molecule has 1 aliphatic carbocycles. The molecule has 2 heterocycles. The second-order valence-electron chi connectivity index (χ2n) is 7.75. The van der Waals surface area contributed by atoms with Gasteiger partial charge in [0, 0.05) is 14.1 Å². The third-order valence-electron chi connectivity index (χ3n) is 5.38. The van der Waals surface area contributed by atoms with Crippen LogP contribution in [0.15, 0.2) is 38.5 Å². The van der Waals surface area contributed by atoms with Crippen molar-refractivity contribution in [3.63, 3.8) is 0 Å². The van der Waals surface area contributed by atoms with Gasteiger partial charge in [0.25, 0.3) is 0 Å². The van der Waals surface area contributed by atoms with Gasteiger partial charge in [-0.2, -0.15) is 4.98 Å². The number of carboxylic acids is 1. The molecule has 1 aromatic carbocycles. The first-order valence-corrected chi connectivity index (χ1v) is 9.79. The minimum Gasteiger partial charge on any atom is -0.478 e. The van der Waals surface area contributed by atoms with E-state index in [4.69, 9.17) is 4.42 Å². The Bertz CT molecular complexity index is 1170. The maximum absolute atomic E-state index is 13.1. The standard InChI is InChI=1S/C22H23N3O4/c1-25(2)12-23-20-17(22(27)28)11-16-19(26)15-10-14(13-6-4-3-5-7-13)8-9-18(15)29-21(16)24-20/h8-13H,3-7H2,1-2H3,(H,27,28)/b23-12+. The van der Waals surface area contributed by atoms with E-state index in [2.05, 4.69) is 9.98 Å². The Morgan fingerprint density at radius 2 is 1.97 bits per heavy atom. The van der Waals surface area contributed by atoms with E-state index in [1.807, 2.05) is 18.2 Å².